The minimum Gasteiger partial charge on any atom is -0.192 e. The van der Waals surface area contributed by atoms with Crippen LogP contribution < -0.4 is 0 Å². The maximum absolute atomic E-state index is 8.87. The van der Waals surface area contributed by atoms with Crippen LogP contribution in [0.1, 0.15) is 27.8 Å². The van der Waals surface area contributed by atoms with Crippen LogP contribution in [0.2, 0.25) is 0 Å². The third-order valence-electron chi connectivity index (χ3n) is 2.88. The summed E-state index contributed by atoms with van der Waals surface area (Å²) in [5.41, 5.74) is 5.97. The minimum atomic E-state index is 0.740. The van der Waals surface area contributed by atoms with Crippen LogP contribution in [0.5, 0.6) is 0 Å². The Morgan fingerprint density at radius 2 is 1.63 bits per heavy atom. The van der Waals surface area contributed by atoms with Gasteiger partial charge < -0.3 is 0 Å². The van der Waals surface area contributed by atoms with Crippen LogP contribution in [0.3, 0.4) is 0 Å². The smallest absolute Gasteiger partial charge is 0.0991 e. The van der Waals surface area contributed by atoms with Crippen LogP contribution in [-0.4, -0.2) is 0 Å². The summed E-state index contributed by atoms with van der Waals surface area (Å²) in [6, 6.07) is 16.7. The maximum atomic E-state index is 8.87. The van der Waals surface area contributed by atoms with Gasteiger partial charge in [-0.25, -0.2) is 0 Å². The normalized spacial score (nSPS) is 10.2. The fraction of sp³-hybridized carbons (Fsp3) is 0.235. The first-order valence-corrected chi connectivity index (χ1v) is 7.47. The molecule has 0 fully saturated rings. The molecule has 2 aromatic carbocycles. The Morgan fingerprint density at radius 1 is 0.947 bits per heavy atom. The van der Waals surface area contributed by atoms with Crippen molar-refractivity contribution in [2.24, 2.45) is 0 Å². The van der Waals surface area contributed by atoms with Crippen molar-refractivity contribution in [2.45, 2.75) is 25.4 Å². The first-order valence-electron chi connectivity index (χ1n) is 6.31. The molecule has 0 aliphatic rings. The molecule has 0 saturated heterocycles. The first-order chi connectivity index (χ1) is 9.17. The average molecular weight is 267 g/mol. The summed E-state index contributed by atoms with van der Waals surface area (Å²) in [6.07, 6.45) is 0. The summed E-state index contributed by atoms with van der Waals surface area (Å²) in [5, 5.41) is 8.87. The molecule has 0 radical (unpaired) electrons. The first kappa shape index (κ1) is 13.7. The topological polar surface area (TPSA) is 23.8 Å². The highest BCUT2D eigenvalue weighted by atomic mass is 32.2. The average Bonchev–Trinajstić information content (AvgIpc) is 2.38. The fourth-order valence-corrected chi connectivity index (χ4v) is 3.09. The second kappa shape index (κ2) is 6.45. The lowest BCUT2D eigenvalue weighted by Gasteiger charge is -2.05. The van der Waals surface area contributed by atoms with Crippen molar-refractivity contribution in [3.63, 3.8) is 0 Å². The van der Waals surface area contributed by atoms with Crippen molar-refractivity contribution in [1.29, 1.82) is 5.26 Å². The van der Waals surface area contributed by atoms with E-state index in [0.29, 0.717) is 0 Å². The van der Waals surface area contributed by atoms with Gasteiger partial charge in [0.1, 0.15) is 0 Å². The molecular formula is C17H17NS. The van der Waals surface area contributed by atoms with Crippen LogP contribution in [0, 0.1) is 25.2 Å². The molecule has 0 aromatic heterocycles. The van der Waals surface area contributed by atoms with Crippen molar-refractivity contribution in [2.75, 3.05) is 0 Å². The van der Waals surface area contributed by atoms with E-state index in [1.165, 1.54) is 22.3 Å². The largest absolute Gasteiger partial charge is 0.192 e. The summed E-state index contributed by atoms with van der Waals surface area (Å²) in [5.74, 6) is 1.96. The Bertz CT molecular complexity index is 591. The Hall–Kier alpha value is -1.72. The predicted octanol–water partition coefficient (Wildman–Crippen LogP) is 4.61. The van der Waals surface area contributed by atoms with Gasteiger partial charge in [-0.2, -0.15) is 17.0 Å². The van der Waals surface area contributed by atoms with Gasteiger partial charge in [0, 0.05) is 11.5 Å². The predicted molar refractivity (Wildman–Crippen MR) is 82.1 cm³/mol. The van der Waals surface area contributed by atoms with Crippen LogP contribution in [-0.2, 0) is 11.5 Å². The highest BCUT2D eigenvalue weighted by Gasteiger charge is 1.99. The molecule has 96 valence electrons. The lowest BCUT2D eigenvalue weighted by atomic mass is 10.1. The molecule has 0 aliphatic heterocycles. The van der Waals surface area contributed by atoms with Gasteiger partial charge in [-0.15, -0.1) is 0 Å². The molecule has 0 aliphatic carbocycles. The third kappa shape index (κ3) is 4.15. The molecule has 0 heterocycles. The quantitative estimate of drug-likeness (QED) is 0.807. The second-order valence-electron chi connectivity index (χ2n) is 4.80. The van der Waals surface area contributed by atoms with E-state index in [1.54, 1.807) is 0 Å². The van der Waals surface area contributed by atoms with Crippen molar-refractivity contribution in [3.05, 3.63) is 70.3 Å². The Kier molecular flexibility index (Phi) is 4.65. The van der Waals surface area contributed by atoms with Gasteiger partial charge in [0.2, 0.25) is 0 Å². The molecular weight excluding hydrogens is 250 g/mol. The lowest BCUT2D eigenvalue weighted by molar-refractivity contribution is 1.29. The number of aryl methyl sites for hydroxylation is 2. The molecule has 2 aromatic rings. The van der Waals surface area contributed by atoms with E-state index in [-0.39, 0.29) is 0 Å². The van der Waals surface area contributed by atoms with Crippen LogP contribution >= 0.6 is 11.8 Å². The molecule has 1 nitrogen and oxygen atoms in total. The summed E-state index contributed by atoms with van der Waals surface area (Å²) in [4.78, 5) is 0. The Balaban J connectivity index is 1.94. The zero-order chi connectivity index (χ0) is 13.7. The van der Waals surface area contributed by atoms with Gasteiger partial charge >= 0.3 is 0 Å². The number of nitrogens with zero attached hydrogens (tertiary/aromatic N) is 1. The van der Waals surface area contributed by atoms with Crippen LogP contribution in [0.15, 0.2) is 42.5 Å². The van der Waals surface area contributed by atoms with Crippen molar-refractivity contribution < 1.29 is 0 Å². The summed E-state index contributed by atoms with van der Waals surface area (Å²) < 4.78 is 0. The number of thioether (sulfide) groups is 1. The Morgan fingerprint density at radius 3 is 2.32 bits per heavy atom. The lowest BCUT2D eigenvalue weighted by Crippen LogP contribution is -1.87. The standard InChI is InChI=1S/C17H17NS/c1-13-6-14(2)8-17(7-13)12-19-11-16-5-3-4-15(9-16)10-18/h3-9H,11-12H2,1-2H3. The zero-order valence-electron chi connectivity index (χ0n) is 11.3. The minimum absolute atomic E-state index is 0.740. The maximum Gasteiger partial charge on any atom is 0.0991 e. The summed E-state index contributed by atoms with van der Waals surface area (Å²) in [6.45, 7) is 4.27. The number of rotatable bonds is 4. The molecule has 0 unspecified atom stereocenters. The summed E-state index contributed by atoms with van der Waals surface area (Å²) in [7, 11) is 0. The van der Waals surface area contributed by atoms with E-state index in [9.17, 15) is 0 Å². The van der Waals surface area contributed by atoms with E-state index in [0.717, 1.165) is 17.1 Å². The van der Waals surface area contributed by atoms with E-state index < -0.39 is 0 Å². The number of benzene rings is 2. The molecule has 0 N–H and O–H groups in total. The third-order valence-corrected chi connectivity index (χ3v) is 3.95. The number of nitriles is 1. The van der Waals surface area contributed by atoms with Gasteiger partial charge in [-0.3, -0.25) is 0 Å². The van der Waals surface area contributed by atoms with Crippen LogP contribution in [0.25, 0.3) is 0 Å². The second-order valence-corrected chi connectivity index (χ2v) is 5.79. The van der Waals surface area contributed by atoms with E-state index in [2.05, 4.69) is 44.2 Å². The molecule has 19 heavy (non-hydrogen) atoms. The number of hydrogen-bond donors (Lipinski definition) is 0. The highest BCUT2D eigenvalue weighted by Crippen LogP contribution is 2.20. The van der Waals surface area contributed by atoms with Gasteiger partial charge in [0.05, 0.1) is 11.6 Å². The Labute approximate surface area is 119 Å². The van der Waals surface area contributed by atoms with E-state index >= 15 is 0 Å². The van der Waals surface area contributed by atoms with Gasteiger partial charge in [-0.05, 0) is 37.1 Å². The van der Waals surface area contributed by atoms with E-state index in [1.807, 2.05) is 30.0 Å². The molecule has 2 heteroatoms. The molecule has 0 bridgehead atoms. The zero-order valence-corrected chi connectivity index (χ0v) is 12.1. The monoisotopic (exact) mass is 267 g/mol. The van der Waals surface area contributed by atoms with Crippen molar-refractivity contribution >= 4 is 11.8 Å². The molecule has 0 atom stereocenters. The van der Waals surface area contributed by atoms with Gasteiger partial charge in [0.15, 0.2) is 0 Å². The van der Waals surface area contributed by atoms with Gasteiger partial charge in [-0.1, -0.05) is 41.5 Å². The summed E-state index contributed by atoms with van der Waals surface area (Å²) >= 11 is 1.89. The fourth-order valence-electron chi connectivity index (χ4n) is 2.17. The van der Waals surface area contributed by atoms with Crippen molar-refractivity contribution in [1.82, 2.24) is 0 Å². The molecule has 2 rings (SSSR count). The van der Waals surface area contributed by atoms with E-state index in [4.69, 9.17) is 5.26 Å². The van der Waals surface area contributed by atoms with Crippen molar-refractivity contribution in [3.8, 4) is 6.07 Å². The molecule has 0 saturated carbocycles. The van der Waals surface area contributed by atoms with Crippen LogP contribution in [0.4, 0.5) is 0 Å². The SMILES string of the molecule is Cc1cc(C)cc(CSCc2cccc(C#N)c2)c1. The molecule has 0 amide bonds. The highest BCUT2D eigenvalue weighted by molar-refractivity contribution is 7.97. The number of hydrogen-bond acceptors (Lipinski definition) is 2. The molecule has 0 spiro atoms. The van der Waals surface area contributed by atoms with Gasteiger partial charge in [0.25, 0.3) is 0 Å².